The lowest BCUT2D eigenvalue weighted by Gasteiger charge is -2.13. The number of nitrogens with one attached hydrogen (secondary N) is 1. The van der Waals surface area contributed by atoms with E-state index in [0.717, 1.165) is 15.3 Å². The summed E-state index contributed by atoms with van der Waals surface area (Å²) in [6.45, 7) is 1.94. The maximum Gasteiger partial charge on any atom is 0.184 e. The standard InChI is InChI=1S/C15H13FN2S/c1-10(11-6-2-3-7-12(11)16)17-15-18-13-8-4-5-9-14(13)19-15/h2-10H,1H3,(H,17,18). The van der Waals surface area contributed by atoms with Crippen LogP contribution in [0.25, 0.3) is 10.2 Å². The molecule has 3 rings (SSSR count). The Labute approximate surface area is 114 Å². The van der Waals surface area contributed by atoms with Crippen molar-refractivity contribution in [2.24, 2.45) is 0 Å². The molecule has 1 aromatic heterocycles. The number of fused-ring (bicyclic) bond motifs is 1. The molecule has 0 saturated carbocycles. The fourth-order valence-electron chi connectivity index (χ4n) is 2.02. The molecule has 0 aliphatic heterocycles. The third-order valence-corrected chi connectivity index (χ3v) is 3.97. The fourth-order valence-corrected chi connectivity index (χ4v) is 2.98. The number of para-hydroxylation sites is 1. The maximum absolute atomic E-state index is 13.7. The van der Waals surface area contributed by atoms with Crippen LogP contribution in [0.4, 0.5) is 9.52 Å². The molecule has 0 aliphatic rings. The zero-order chi connectivity index (χ0) is 13.2. The normalized spacial score (nSPS) is 12.5. The monoisotopic (exact) mass is 272 g/mol. The summed E-state index contributed by atoms with van der Waals surface area (Å²) in [6.07, 6.45) is 0. The van der Waals surface area contributed by atoms with Crippen LogP contribution >= 0.6 is 11.3 Å². The van der Waals surface area contributed by atoms with Gasteiger partial charge in [-0.25, -0.2) is 9.37 Å². The summed E-state index contributed by atoms with van der Waals surface area (Å²) in [5.74, 6) is -0.191. The second kappa shape index (κ2) is 4.97. The molecular weight excluding hydrogens is 259 g/mol. The first-order chi connectivity index (χ1) is 9.24. The number of hydrogen-bond donors (Lipinski definition) is 1. The minimum atomic E-state index is -0.191. The van der Waals surface area contributed by atoms with Gasteiger partial charge in [-0.15, -0.1) is 0 Å². The van der Waals surface area contributed by atoms with E-state index in [1.165, 1.54) is 6.07 Å². The molecule has 1 unspecified atom stereocenters. The number of nitrogens with zero attached hydrogens (tertiary/aromatic N) is 1. The number of anilines is 1. The Morgan fingerprint density at radius 2 is 1.84 bits per heavy atom. The van der Waals surface area contributed by atoms with E-state index >= 15 is 0 Å². The van der Waals surface area contributed by atoms with Crippen molar-refractivity contribution in [2.75, 3.05) is 5.32 Å². The van der Waals surface area contributed by atoms with E-state index in [2.05, 4.69) is 10.3 Å². The molecule has 0 radical (unpaired) electrons. The van der Waals surface area contributed by atoms with E-state index in [9.17, 15) is 4.39 Å². The zero-order valence-electron chi connectivity index (χ0n) is 10.4. The Morgan fingerprint density at radius 1 is 1.11 bits per heavy atom. The van der Waals surface area contributed by atoms with Crippen molar-refractivity contribution in [1.29, 1.82) is 0 Å². The molecule has 0 bridgehead atoms. The second-order valence-electron chi connectivity index (χ2n) is 4.37. The molecule has 1 atom stereocenters. The van der Waals surface area contributed by atoms with E-state index in [4.69, 9.17) is 0 Å². The average molecular weight is 272 g/mol. The summed E-state index contributed by atoms with van der Waals surface area (Å²) in [6, 6.07) is 14.7. The Balaban J connectivity index is 1.86. The minimum absolute atomic E-state index is 0.109. The van der Waals surface area contributed by atoms with Crippen LogP contribution in [0.15, 0.2) is 48.5 Å². The minimum Gasteiger partial charge on any atom is -0.355 e. The topological polar surface area (TPSA) is 24.9 Å². The quantitative estimate of drug-likeness (QED) is 0.753. The summed E-state index contributed by atoms with van der Waals surface area (Å²) in [5, 5.41) is 4.07. The number of thiazole rings is 1. The molecule has 2 nitrogen and oxygen atoms in total. The first-order valence-corrected chi connectivity index (χ1v) is 6.92. The summed E-state index contributed by atoms with van der Waals surface area (Å²) in [5.41, 5.74) is 1.62. The van der Waals surface area contributed by atoms with Crippen molar-refractivity contribution in [1.82, 2.24) is 4.98 Å². The molecular formula is C15H13FN2S. The molecule has 19 heavy (non-hydrogen) atoms. The van der Waals surface area contributed by atoms with Crippen molar-refractivity contribution in [3.8, 4) is 0 Å². The number of hydrogen-bond acceptors (Lipinski definition) is 3. The Hall–Kier alpha value is -1.94. The summed E-state index contributed by atoms with van der Waals surface area (Å²) < 4.78 is 14.8. The Morgan fingerprint density at radius 3 is 2.63 bits per heavy atom. The number of benzene rings is 2. The second-order valence-corrected chi connectivity index (χ2v) is 5.40. The fraction of sp³-hybridized carbons (Fsp3) is 0.133. The van der Waals surface area contributed by atoms with Gasteiger partial charge in [-0.1, -0.05) is 41.7 Å². The van der Waals surface area contributed by atoms with Gasteiger partial charge >= 0.3 is 0 Å². The SMILES string of the molecule is CC(Nc1nc2ccccc2s1)c1ccccc1F. The number of halogens is 1. The lowest BCUT2D eigenvalue weighted by molar-refractivity contribution is 0.600. The molecule has 2 aromatic carbocycles. The van der Waals surface area contributed by atoms with Crippen molar-refractivity contribution >= 4 is 26.7 Å². The van der Waals surface area contributed by atoms with Gasteiger partial charge in [0.1, 0.15) is 5.82 Å². The highest BCUT2D eigenvalue weighted by Gasteiger charge is 2.12. The van der Waals surface area contributed by atoms with Gasteiger partial charge in [0.15, 0.2) is 5.13 Å². The van der Waals surface area contributed by atoms with Gasteiger partial charge < -0.3 is 5.32 Å². The van der Waals surface area contributed by atoms with Crippen LogP contribution in [0.5, 0.6) is 0 Å². The molecule has 0 amide bonds. The highest BCUT2D eigenvalue weighted by Crippen LogP contribution is 2.29. The first-order valence-electron chi connectivity index (χ1n) is 6.10. The summed E-state index contributed by atoms with van der Waals surface area (Å²) in [4.78, 5) is 4.49. The van der Waals surface area contributed by atoms with E-state index < -0.39 is 0 Å². The largest absolute Gasteiger partial charge is 0.355 e. The number of rotatable bonds is 3. The zero-order valence-corrected chi connectivity index (χ0v) is 11.2. The van der Waals surface area contributed by atoms with Crippen molar-refractivity contribution in [3.63, 3.8) is 0 Å². The van der Waals surface area contributed by atoms with Gasteiger partial charge in [-0.2, -0.15) is 0 Å². The van der Waals surface area contributed by atoms with Gasteiger partial charge in [0.05, 0.1) is 16.3 Å². The average Bonchev–Trinajstić information content (AvgIpc) is 2.81. The van der Waals surface area contributed by atoms with Crippen LogP contribution < -0.4 is 5.32 Å². The third kappa shape index (κ3) is 2.44. The molecule has 0 saturated heterocycles. The van der Waals surface area contributed by atoms with Gasteiger partial charge in [-0.05, 0) is 25.1 Å². The van der Waals surface area contributed by atoms with Crippen LogP contribution in [0.3, 0.4) is 0 Å². The van der Waals surface area contributed by atoms with Crippen LogP contribution in [0.2, 0.25) is 0 Å². The summed E-state index contributed by atoms with van der Waals surface area (Å²) >= 11 is 1.58. The van der Waals surface area contributed by atoms with Gasteiger partial charge in [-0.3, -0.25) is 0 Å². The number of aromatic nitrogens is 1. The molecule has 0 spiro atoms. The Kier molecular flexibility index (Phi) is 3.17. The first kappa shape index (κ1) is 12.1. The van der Waals surface area contributed by atoms with Crippen molar-refractivity contribution in [2.45, 2.75) is 13.0 Å². The van der Waals surface area contributed by atoms with Crippen LogP contribution in [0, 0.1) is 5.82 Å². The summed E-state index contributed by atoms with van der Waals surface area (Å²) in [7, 11) is 0. The van der Waals surface area contributed by atoms with Crippen molar-refractivity contribution in [3.05, 3.63) is 59.9 Å². The predicted molar refractivity (Wildman–Crippen MR) is 78.1 cm³/mol. The Bertz CT molecular complexity index is 675. The maximum atomic E-state index is 13.7. The molecule has 3 aromatic rings. The molecule has 1 N–H and O–H groups in total. The predicted octanol–water partition coefficient (Wildman–Crippen LogP) is 4.61. The van der Waals surface area contributed by atoms with E-state index in [1.807, 2.05) is 37.3 Å². The van der Waals surface area contributed by atoms with Gasteiger partial charge in [0.2, 0.25) is 0 Å². The molecule has 0 fully saturated rings. The lowest BCUT2D eigenvalue weighted by atomic mass is 10.1. The van der Waals surface area contributed by atoms with Gasteiger partial charge in [0, 0.05) is 5.56 Å². The molecule has 1 heterocycles. The van der Waals surface area contributed by atoms with Crippen molar-refractivity contribution < 1.29 is 4.39 Å². The molecule has 4 heteroatoms. The van der Waals surface area contributed by atoms with Gasteiger partial charge in [0.25, 0.3) is 0 Å². The van der Waals surface area contributed by atoms with E-state index in [1.54, 1.807) is 23.5 Å². The smallest absolute Gasteiger partial charge is 0.184 e. The van der Waals surface area contributed by atoms with E-state index in [-0.39, 0.29) is 11.9 Å². The van der Waals surface area contributed by atoms with Crippen LogP contribution in [-0.4, -0.2) is 4.98 Å². The van der Waals surface area contributed by atoms with Crippen LogP contribution in [0.1, 0.15) is 18.5 Å². The molecule has 96 valence electrons. The van der Waals surface area contributed by atoms with E-state index in [0.29, 0.717) is 5.56 Å². The lowest BCUT2D eigenvalue weighted by Crippen LogP contribution is -2.08. The third-order valence-electron chi connectivity index (χ3n) is 3.01. The highest BCUT2D eigenvalue weighted by molar-refractivity contribution is 7.22. The van der Waals surface area contributed by atoms with Crippen LogP contribution in [-0.2, 0) is 0 Å². The highest BCUT2D eigenvalue weighted by atomic mass is 32.1. The molecule has 0 aliphatic carbocycles.